The van der Waals surface area contributed by atoms with Crippen molar-refractivity contribution in [2.45, 2.75) is 25.8 Å². The van der Waals surface area contributed by atoms with Crippen LogP contribution in [0.5, 0.6) is 0 Å². The maximum atomic E-state index is 12.5. The van der Waals surface area contributed by atoms with E-state index in [2.05, 4.69) is 39.9 Å². The molecule has 1 aliphatic heterocycles. The van der Waals surface area contributed by atoms with Gasteiger partial charge in [-0.25, -0.2) is 4.79 Å². The fourth-order valence-corrected chi connectivity index (χ4v) is 3.03. The first-order valence-corrected chi connectivity index (χ1v) is 8.46. The lowest BCUT2D eigenvalue weighted by Gasteiger charge is -2.27. The Bertz CT molecular complexity index is 756. The van der Waals surface area contributed by atoms with Crippen LogP contribution in [0.25, 0.3) is 0 Å². The van der Waals surface area contributed by atoms with Gasteiger partial charge in [0, 0.05) is 37.8 Å². The number of aromatic amines is 1. The number of H-pyrrole nitrogens is 1. The lowest BCUT2D eigenvalue weighted by atomic mass is 10.0. The van der Waals surface area contributed by atoms with Gasteiger partial charge < -0.3 is 15.5 Å². The molecule has 2 heterocycles. The zero-order valence-electron chi connectivity index (χ0n) is 14.5. The third-order valence-electron chi connectivity index (χ3n) is 4.59. The van der Waals surface area contributed by atoms with Gasteiger partial charge in [-0.05, 0) is 11.5 Å². The number of aromatic nitrogens is 2. The number of amides is 3. The zero-order valence-corrected chi connectivity index (χ0v) is 14.5. The summed E-state index contributed by atoms with van der Waals surface area (Å²) in [4.78, 5) is 26.1. The number of carbonyl (C=O) groups excluding carboxylic acids is 2. The fraction of sp³-hybridized carbons (Fsp3) is 0.389. The van der Waals surface area contributed by atoms with Crippen LogP contribution in [0.3, 0.4) is 0 Å². The van der Waals surface area contributed by atoms with E-state index in [1.54, 1.807) is 11.9 Å². The number of urea groups is 1. The van der Waals surface area contributed by atoms with Gasteiger partial charge in [0.1, 0.15) is 0 Å². The van der Waals surface area contributed by atoms with Crippen molar-refractivity contribution >= 4 is 11.9 Å². The minimum absolute atomic E-state index is 0.113. The molecule has 0 aliphatic carbocycles. The van der Waals surface area contributed by atoms with Crippen molar-refractivity contribution in [1.82, 2.24) is 25.7 Å². The first-order valence-electron chi connectivity index (χ1n) is 8.46. The largest absolute Gasteiger partial charge is 0.354 e. The Morgan fingerprint density at radius 1 is 1.32 bits per heavy atom. The maximum absolute atomic E-state index is 12.5. The van der Waals surface area contributed by atoms with Crippen molar-refractivity contribution in [3.8, 4) is 0 Å². The molecule has 132 valence electrons. The lowest BCUT2D eigenvalue weighted by Crippen LogP contribution is -2.44. The average molecular weight is 341 g/mol. The number of rotatable bonds is 4. The second kappa shape index (κ2) is 7.38. The van der Waals surface area contributed by atoms with Gasteiger partial charge in [-0.15, -0.1) is 0 Å². The predicted octanol–water partition coefficient (Wildman–Crippen LogP) is 1.64. The summed E-state index contributed by atoms with van der Waals surface area (Å²) in [6.45, 7) is 3.65. The minimum Gasteiger partial charge on any atom is -0.354 e. The van der Waals surface area contributed by atoms with Gasteiger partial charge in [-0.1, -0.05) is 37.3 Å². The van der Waals surface area contributed by atoms with E-state index >= 15 is 0 Å². The van der Waals surface area contributed by atoms with Crippen LogP contribution in [-0.4, -0.2) is 47.2 Å². The highest BCUT2D eigenvalue weighted by atomic mass is 16.2. The van der Waals surface area contributed by atoms with Crippen LogP contribution in [0.15, 0.2) is 30.3 Å². The number of fused-ring (bicyclic) bond motifs is 1. The molecule has 0 bridgehead atoms. The molecule has 1 aliphatic rings. The Balaban J connectivity index is 1.61. The molecule has 7 heteroatoms. The van der Waals surface area contributed by atoms with Gasteiger partial charge >= 0.3 is 6.03 Å². The number of carbonyl (C=O) groups is 2. The molecule has 3 N–H and O–H groups in total. The second-order valence-corrected chi connectivity index (χ2v) is 6.28. The highest BCUT2D eigenvalue weighted by Gasteiger charge is 2.27. The van der Waals surface area contributed by atoms with E-state index in [0.717, 1.165) is 11.3 Å². The molecule has 25 heavy (non-hydrogen) atoms. The molecule has 0 radical (unpaired) electrons. The smallest absolute Gasteiger partial charge is 0.317 e. The Morgan fingerprint density at radius 3 is 2.80 bits per heavy atom. The van der Waals surface area contributed by atoms with Gasteiger partial charge in [0.15, 0.2) is 5.69 Å². The predicted molar refractivity (Wildman–Crippen MR) is 94.3 cm³/mol. The molecule has 1 aromatic heterocycles. The topological polar surface area (TPSA) is 90.1 Å². The Morgan fingerprint density at radius 2 is 2.08 bits per heavy atom. The van der Waals surface area contributed by atoms with Crippen molar-refractivity contribution < 1.29 is 9.59 Å². The van der Waals surface area contributed by atoms with E-state index in [1.807, 2.05) is 18.2 Å². The quantitative estimate of drug-likeness (QED) is 0.790. The van der Waals surface area contributed by atoms with E-state index in [1.165, 1.54) is 5.56 Å². The molecular formula is C18H23N5O2. The third kappa shape index (κ3) is 3.65. The molecule has 7 nitrogen and oxygen atoms in total. The van der Waals surface area contributed by atoms with Crippen LogP contribution < -0.4 is 10.6 Å². The van der Waals surface area contributed by atoms with E-state index in [-0.39, 0.29) is 17.9 Å². The maximum Gasteiger partial charge on any atom is 0.317 e. The molecule has 1 atom stereocenters. The fourth-order valence-electron chi connectivity index (χ4n) is 3.03. The van der Waals surface area contributed by atoms with Gasteiger partial charge in [0.05, 0.1) is 6.54 Å². The van der Waals surface area contributed by atoms with Crippen molar-refractivity contribution in [1.29, 1.82) is 0 Å². The first-order chi connectivity index (χ1) is 12.1. The lowest BCUT2D eigenvalue weighted by molar-refractivity contribution is 0.0955. The van der Waals surface area contributed by atoms with E-state index in [0.29, 0.717) is 31.7 Å². The molecule has 0 spiro atoms. The highest BCUT2D eigenvalue weighted by molar-refractivity contribution is 5.94. The molecule has 0 saturated heterocycles. The van der Waals surface area contributed by atoms with E-state index < -0.39 is 0 Å². The molecule has 0 unspecified atom stereocenters. The van der Waals surface area contributed by atoms with Gasteiger partial charge in [0.2, 0.25) is 0 Å². The summed E-state index contributed by atoms with van der Waals surface area (Å²) in [5.74, 6) is -0.00156. The molecule has 3 amide bonds. The highest BCUT2D eigenvalue weighted by Crippen LogP contribution is 2.20. The zero-order chi connectivity index (χ0) is 17.8. The van der Waals surface area contributed by atoms with Crippen LogP contribution in [0.1, 0.15) is 40.2 Å². The van der Waals surface area contributed by atoms with Gasteiger partial charge in [-0.3, -0.25) is 9.89 Å². The number of nitrogens with one attached hydrogen (secondary N) is 3. The molecule has 3 rings (SSSR count). The summed E-state index contributed by atoms with van der Waals surface area (Å²) >= 11 is 0. The summed E-state index contributed by atoms with van der Waals surface area (Å²) in [7, 11) is 1.57. The minimum atomic E-state index is -0.238. The molecule has 0 saturated carbocycles. The Kier molecular flexibility index (Phi) is 5.02. The van der Waals surface area contributed by atoms with Crippen LogP contribution in [0.2, 0.25) is 0 Å². The van der Waals surface area contributed by atoms with Crippen molar-refractivity contribution in [2.75, 3.05) is 20.1 Å². The van der Waals surface area contributed by atoms with E-state index in [4.69, 9.17) is 0 Å². The average Bonchev–Trinajstić information content (AvgIpc) is 3.09. The molecule has 1 aromatic carbocycles. The SMILES string of the molecule is CNC(=O)c1n[nH]c2c1CN(C(=O)NC[C@@H](C)c1ccccc1)CC2. The number of hydrogen-bond acceptors (Lipinski definition) is 3. The standard InChI is InChI=1S/C18H23N5O2/c1-12(13-6-4-3-5-7-13)10-20-18(25)23-9-8-15-14(11-23)16(22-21-15)17(24)19-2/h3-7,12H,8-11H2,1-2H3,(H,19,24)(H,20,25)(H,21,22)/t12-/m1/s1. The number of hydrogen-bond donors (Lipinski definition) is 3. The molecule has 0 fully saturated rings. The van der Waals surface area contributed by atoms with Gasteiger partial charge in [0.25, 0.3) is 5.91 Å². The summed E-state index contributed by atoms with van der Waals surface area (Å²) in [6.07, 6.45) is 0.668. The van der Waals surface area contributed by atoms with Crippen molar-refractivity contribution in [3.63, 3.8) is 0 Å². The van der Waals surface area contributed by atoms with Crippen molar-refractivity contribution in [2.24, 2.45) is 0 Å². The summed E-state index contributed by atoms with van der Waals surface area (Å²) in [5.41, 5.74) is 3.30. The second-order valence-electron chi connectivity index (χ2n) is 6.28. The monoisotopic (exact) mass is 341 g/mol. The first kappa shape index (κ1) is 17.0. The van der Waals surface area contributed by atoms with Crippen LogP contribution in [-0.2, 0) is 13.0 Å². The third-order valence-corrected chi connectivity index (χ3v) is 4.59. The normalized spacial score (nSPS) is 14.6. The number of nitrogens with zero attached hydrogens (tertiary/aromatic N) is 2. The van der Waals surface area contributed by atoms with Crippen molar-refractivity contribution in [3.05, 3.63) is 52.8 Å². The summed E-state index contributed by atoms with van der Waals surface area (Å²) in [6, 6.07) is 9.99. The Labute approximate surface area is 146 Å². The van der Waals surface area contributed by atoms with E-state index in [9.17, 15) is 9.59 Å². The van der Waals surface area contributed by atoms with Crippen LogP contribution >= 0.6 is 0 Å². The Hall–Kier alpha value is -2.83. The summed E-state index contributed by atoms with van der Waals surface area (Å²) < 4.78 is 0. The van der Waals surface area contributed by atoms with Crippen LogP contribution in [0, 0.1) is 0 Å². The molecule has 2 aromatic rings. The number of benzene rings is 1. The summed E-state index contributed by atoms with van der Waals surface area (Å²) in [5, 5.41) is 12.6. The van der Waals surface area contributed by atoms with Crippen LogP contribution in [0.4, 0.5) is 4.79 Å². The van der Waals surface area contributed by atoms with Gasteiger partial charge in [-0.2, -0.15) is 5.10 Å². The molecular weight excluding hydrogens is 318 g/mol.